The third kappa shape index (κ3) is 5.89. The third-order valence-electron chi connectivity index (χ3n) is 4.10. The van der Waals surface area contributed by atoms with Gasteiger partial charge in [0.25, 0.3) is 0 Å². The molecule has 1 heterocycles. The van der Waals surface area contributed by atoms with Crippen molar-refractivity contribution >= 4 is 5.96 Å². The van der Waals surface area contributed by atoms with Crippen LogP contribution in [0.25, 0.3) is 0 Å². The largest absolute Gasteiger partial charge is 0.416 e. The van der Waals surface area contributed by atoms with Crippen molar-refractivity contribution in [2.24, 2.45) is 4.99 Å². The zero-order chi connectivity index (χ0) is 18.4. The molecule has 1 aromatic rings. The molecule has 140 valence electrons. The Morgan fingerprint density at radius 3 is 2.60 bits per heavy atom. The van der Waals surface area contributed by atoms with Crippen LogP contribution in [0.3, 0.4) is 0 Å². The summed E-state index contributed by atoms with van der Waals surface area (Å²) < 4.78 is 43.5. The molecule has 1 aliphatic rings. The summed E-state index contributed by atoms with van der Waals surface area (Å²) in [5, 5.41) is 3.26. The summed E-state index contributed by atoms with van der Waals surface area (Å²) >= 11 is 0. The van der Waals surface area contributed by atoms with Crippen molar-refractivity contribution in [2.45, 2.75) is 18.8 Å². The monoisotopic (exact) mass is 358 g/mol. The van der Waals surface area contributed by atoms with Gasteiger partial charge < -0.3 is 19.9 Å². The quantitative estimate of drug-likeness (QED) is 0.661. The fraction of sp³-hybridized carbons (Fsp3) is 0.588. The molecule has 1 aromatic carbocycles. The van der Waals surface area contributed by atoms with Gasteiger partial charge in [0.15, 0.2) is 5.96 Å². The van der Waals surface area contributed by atoms with E-state index in [1.54, 1.807) is 7.05 Å². The van der Waals surface area contributed by atoms with Gasteiger partial charge in [0, 0.05) is 40.3 Å². The lowest BCUT2D eigenvalue weighted by molar-refractivity contribution is -0.137. The number of rotatable bonds is 4. The van der Waals surface area contributed by atoms with E-state index in [2.05, 4.69) is 22.3 Å². The molecule has 1 unspecified atom stereocenters. The van der Waals surface area contributed by atoms with Crippen molar-refractivity contribution in [3.63, 3.8) is 0 Å². The highest BCUT2D eigenvalue weighted by molar-refractivity contribution is 5.79. The van der Waals surface area contributed by atoms with Crippen LogP contribution >= 0.6 is 0 Å². The van der Waals surface area contributed by atoms with E-state index in [0.717, 1.165) is 30.8 Å². The average molecular weight is 358 g/mol. The summed E-state index contributed by atoms with van der Waals surface area (Å²) in [6, 6.07) is 5.19. The molecule has 1 fully saturated rings. The molecule has 1 atom stereocenters. The SMILES string of the molecule is CN=C(NCC1CN(C)CCO1)N(C)Cc1ccc(C(F)(F)F)cc1. The van der Waals surface area contributed by atoms with Crippen LogP contribution in [-0.4, -0.2) is 69.2 Å². The molecule has 0 saturated carbocycles. The summed E-state index contributed by atoms with van der Waals surface area (Å²) in [7, 11) is 5.58. The van der Waals surface area contributed by atoms with Gasteiger partial charge in [-0.05, 0) is 24.7 Å². The van der Waals surface area contributed by atoms with Gasteiger partial charge in [-0.1, -0.05) is 12.1 Å². The Balaban J connectivity index is 1.88. The van der Waals surface area contributed by atoms with Crippen LogP contribution < -0.4 is 5.32 Å². The second kappa shape index (κ2) is 8.53. The molecular weight excluding hydrogens is 333 g/mol. The summed E-state index contributed by atoms with van der Waals surface area (Å²) in [6.45, 7) is 3.59. The molecular formula is C17H25F3N4O. The number of nitrogens with zero attached hydrogens (tertiary/aromatic N) is 3. The van der Waals surface area contributed by atoms with Gasteiger partial charge in [-0.25, -0.2) is 0 Å². The van der Waals surface area contributed by atoms with Crippen LogP contribution in [-0.2, 0) is 17.5 Å². The van der Waals surface area contributed by atoms with E-state index < -0.39 is 11.7 Å². The highest BCUT2D eigenvalue weighted by Crippen LogP contribution is 2.29. The number of halogens is 3. The van der Waals surface area contributed by atoms with Crippen LogP contribution in [0.4, 0.5) is 13.2 Å². The maximum absolute atomic E-state index is 12.6. The molecule has 0 aromatic heterocycles. The van der Waals surface area contributed by atoms with Gasteiger partial charge in [-0.15, -0.1) is 0 Å². The summed E-state index contributed by atoms with van der Waals surface area (Å²) in [4.78, 5) is 8.31. The van der Waals surface area contributed by atoms with E-state index in [1.807, 2.05) is 11.9 Å². The minimum Gasteiger partial charge on any atom is -0.374 e. The lowest BCUT2D eigenvalue weighted by Gasteiger charge is -2.31. The topological polar surface area (TPSA) is 40.1 Å². The van der Waals surface area contributed by atoms with E-state index in [4.69, 9.17) is 4.74 Å². The van der Waals surface area contributed by atoms with Gasteiger partial charge >= 0.3 is 6.18 Å². The zero-order valence-corrected chi connectivity index (χ0v) is 14.8. The standard InChI is InChI=1S/C17H25F3N4O/c1-21-16(22-10-15-12-23(2)8-9-25-15)24(3)11-13-4-6-14(7-5-13)17(18,19)20/h4-7,15H,8-12H2,1-3H3,(H,21,22). The highest BCUT2D eigenvalue weighted by Gasteiger charge is 2.30. The Hall–Kier alpha value is -1.80. The maximum atomic E-state index is 12.6. The fourth-order valence-electron chi connectivity index (χ4n) is 2.73. The van der Waals surface area contributed by atoms with Gasteiger partial charge in [-0.2, -0.15) is 13.2 Å². The van der Waals surface area contributed by atoms with Crippen molar-refractivity contribution < 1.29 is 17.9 Å². The minimum atomic E-state index is -4.31. The molecule has 0 bridgehead atoms. The zero-order valence-electron chi connectivity index (χ0n) is 14.8. The molecule has 1 N–H and O–H groups in total. The lowest BCUT2D eigenvalue weighted by Crippen LogP contribution is -2.48. The van der Waals surface area contributed by atoms with E-state index >= 15 is 0 Å². The molecule has 0 spiro atoms. The van der Waals surface area contributed by atoms with Crippen molar-refractivity contribution in [1.29, 1.82) is 0 Å². The number of ether oxygens (including phenoxy) is 1. The molecule has 2 rings (SSSR count). The maximum Gasteiger partial charge on any atom is 0.416 e. The number of hydrogen-bond donors (Lipinski definition) is 1. The Labute approximate surface area is 146 Å². The molecule has 25 heavy (non-hydrogen) atoms. The molecule has 1 saturated heterocycles. The van der Waals surface area contributed by atoms with Gasteiger partial charge in [0.05, 0.1) is 18.3 Å². The minimum absolute atomic E-state index is 0.0926. The summed E-state index contributed by atoms with van der Waals surface area (Å²) in [6.07, 6.45) is -4.22. The Morgan fingerprint density at radius 2 is 2.04 bits per heavy atom. The average Bonchev–Trinajstić information content (AvgIpc) is 2.55. The number of benzene rings is 1. The molecule has 1 aliphatic heterocycles. The van der Waals surface area contributed by atoms with Gasteiger partial charge in [0.1, 0.15) is 0 Å². The second-order valence-corrected chi connectivity index (χ2v) is 6.23. The van der Waals surface area contributed by atoms with Crippen LogP contribution in [0.2, 0.25) is 0 Å². The molecule has 0 aliphatic carbocycles. The van der Waals surface area contributed by atoms with Gasteiger partial charge in [0.2, 0.25) is 0 Å². The molecule has 0 radical (unpaired) electrons. The highest BCUT2D eigenvalue weighted by atomic mass is 19.4. The second-order valence-electron chi connectivity index (χ2n) is 6.23. The normalized spacial score (nSPS) is 19.8. The van der Waals surface area contributed by atoms with E-state index in [-0.39, 0.29) is 6.10 Å². The van der Waals surface area contributed by atoms with E-state index in [9.17, 15) is 13.2 Å². The van der Waals surface area contributed by atoms with Crippen LogP contribution in [0.5, 0.6) is 0 Å². The number of guanidine groups is 1. The molecule has 0 amide bonds. The predicted octanol–water partition coefficient (Wildman–Crippen LogP) is 2.04. The number of hydrogen-bond acceptors (Lipinski definition) is 3. The first-order valence-electron chi connectivity index (χ1n) is 8.17. The number of aliphatic imine (C=N–C) groups is 1. The first-order chi connectivity index (χ1) is 11.8. The fourth-order valence-corrected chi connectivity index (χ4v) is 2.73. The molecule has 5 nitrogen and oxygen atoms in total. The Bertz CT molecular complexity index is 574. The smallest absolute Gasteiger partial charge is 0.374 e. The third-order valence-corrected chi connectivity index (χ3v) is 4.10. The Morgan fingerprint density at radius 1 is 1.36 bits per heavy atom. The summed E-state index contributed by atoms with van der Waals surface area (Å²) in [5.74, 6) is 0.678. The predicted molar refractivity (Wildman–Crippen MR) is 91.5 cm³/mol. The van der Waals surface area contributed by atoms with Gasteiger partial charge in [-0.3, -0.25) is 4.99 Å². The first kappa shape index (κ1) is 19.5. The van der Waals surface area contributed by atoms with Crippen molar-refractivity contribution in [2.75, 3.05) is 47.4 Å². The number of likely N-dealkylation sites (N-methyl/N-ethyl adjacent to an activating group) is 1. The number of nitrogens with one attached hydrogen (secondary N) is 1. The van der Waals surface area contributed by atoms with Crippen LogP contribution in [0, 0.1) is 0 Å². The first-order valence-corrected chi connectivity index (χ1v) is 8.17. The molecule has 8 heteroatoms. The Kier molecular flexibility index (Phi) is 6.66. The number of morpholine rings is 1. The van der Waals surface area contributed by atoms with Crippen LogP contribution in [0.15, 0.2) is 29.3 Å². The van der Waals surface area contributed by atoms with Crippen molar-refractivity contribution in [3.05, 3.63) is 35.4 Å². The number of alkyl halides is 3. The van der Waals surface area contributed by atoms with E-state index in [0.29, 0.717) is 25.7 Å². The van der Waals surface area contributed by atoms with E-state index in [1.165, 1.54) is 12.1 Å². The van der Waals surface area contributed by atoms with Crippen molar-refractivity contribution in [1.82, 2.24) is 15.1 Å². The van der Waals surface area contributed by atoms with Crippen molar-refractivity contribution in [3.8, 4) is 0 Å². The summed E-state index contributed by atoms with van der Waals surface area (Å²) in [5.41, 5.74) is 0.145. The van der Waals surface area contributed by atoms with Crippen LogP contribution in [0.1, 0.15) is 11.1 Å². The lowest BCUT2D eigenvalue weighted by atomic mass is 10.1.